The predicted molar refractivity (Wildman–Crippen MR) is 74.6 cm³/mol. The van der Waals surface area contributed by atoms with Crippen LogP contribution in [-0.4, -0.2) is 32.3 Å². The lowest BCUT2D eigenvalue weighted by atomic mass is 10.1. The van der Waals surface area contributed by atoms with Crippen LogP contribution < -0.4 is 0 Å². The first kappa shape index (κ1) is 15.5. The summed E-state index contributed by atoms with van der Waals surface area (Å²) in [5.41, 5.74) is 0.961. The van der Waals surface area contributed by atoms with Gasteiger partial charge in [0.05, 0.1) is 11.4 Å². The van der Waals surface area contributed by atoms with Crippen LogP contribution in [0, 0.1) is 19.3 Å². The molecule has 19 heavy (non-hydrogen) atoms. The van der Waals surface area contributed by atoms with Crippen molar-refractivity contribution < 1.29 is 13.2 Å². The van der Waals surface area contributed by atoms with E-state index in [4.69, 9.17) is 17.1 Å². The van der Waals surface area contributed by atoms with Crippen LogP contribution in [0.2, 0.25) is 0 Å². The van der Waals surface area contributed by atoms with Crippen molar-refractivity contribution in [3.63, 3.8) is 0 Å². The van der Waals surface area contributed by atoms with Crippen molar-refractivity contribution in [2.45, 2.75) is 18.7 Å². The quantitative estimate of drug-likeness (QED) is 0.631. The SMILES string of the molecule is C#CCN(CC)C(=O)c1cc(S(=O)(=O)Cl)ccc1C. The number of carbonyl (C=O) groups excluding carboxylic acids is 1. The van der Waals surface area contributed by atoms with E-state index in [0.29, 0.717) is 17.7 Å². The van der Waals surface area contributed by atoms with Crippen LogP contribution in [0.4, 0.5) is 0 Å². The molecule has 6 heteroatoms. The number of hydrogen-bond acceptors (Lipinski definition) is 3. The van der Waals surface area contributed by atoms with Crippen molar-refractivity contribution in [3.05, 3.63) is 29.3 Å². The van der Waals surface area contributed by atoms with Gasteiger partial charge < -0.3 is 4.90 Å². The standard InChI is InChI=1S/C13H14ClNO3S/c1-4-8-15(5-2)13(16)12-9-11(19(14,17)18)7-6-10(12)3/h1,6-7,9H,5,8H2,2-3H3. The van der Waals surface area contributed by atoms with Gasteiger partial charge in [-0.15, -0.1) is 6.42 Å². The Balaban J connectivity index is 3.27. The number of benzene rings is 1. The first-order valence-corrected chi connectivity index (χ1v) is 7.90. The highest BCUT2D eigenvalue weighted by molar-refractivity contribution is 8.13. The van der Waals surface area contributed by atoms with Gasteiger partial charge in [0.15, 0.2) is 0 Å². The predicted octanol–water partition coefficient (Wildman–Crippen LogP) is 2.02. The molecular formula is C13H14ClNO3S. The topological polar surface area (TPSA) is 54.5 Å². The zero-order chi connectivity index (χ0) is 14.6. The molecule has 0 heterocycles. The van der Waals surface area contributed by atoms with E-state index >= 15 is 0 Å². The summed E-state index contributed by atoms with van der Waals surface area (Å²) in [6.07, 6.45) is 5.20. The number of terminal acetylenes is 1. The summed E-state index contributed by atoms with van der Waals surface area (Å²) in [5.74, 6) is 2.09. The van der Waals surface area contributed by atoms with Crippen LogP contribution in [-0.2, 0) is 9.05 Å². The summed E-state index contributed by atoms with van der Waals surface area (Å²) >= 11 is 0. The molecule has 0 spiro atoms. The second kappa shape index (κ2) is 6.09. The maximum atomic E-state index is 12.3. The van der Waals surface area contributed by atoms with E-state index in [1.54, 1.807) is 19.9 Å². The fraction of sp³-hybridized carbons (Fsp3) is 0.308. The summed E-state index contributed by atoms with van der Waals surface area (Å²) in [6, 6.07) is 4.19. The number of hydrogen-bond donors (Lipinski definition) is 0. The van der Waals surface area contributed by atoms with E-state index in [-0.39, 0.29) is 17.3 Å². The van der Waals surface area contributed by atoms with Gasteiger partial charge in [0.25, 0.3) is 15.0 Å². The molecule has 1 aromatic rings. The van der Waals surface area contributed by atoms with Gasteiger partial charge in [-0.2, -0.15) is 0 Å². The van der Waals surface area contributed by atoms with E-state index in [1.165, 1.54) is 17.0 Å². The van der Waals surface area contributed by atoms with E-state index in [2.05, 4.69) is 5.92 Å². The Kier molecular flexibility index (Phi) is 4.98. The molecule has 4 nitrogen and oxygen atoms in total. The maximum Gasteiger partial charge on any atom is 0.261 e. The molecule has 0 N–H and O–H groups in total. The van der Waals surface area contributed by atoms with Gasteiger partial charge >= 0.3 is 0 Å². The summed E-state index contributed by atoms with van der Waals surface area (Å²) in [4.78, 5) is 13.6. The lowest BCUT2D eigenvalue weighted by Crippen LogP contribution is -2.31. The van der Waals surface area contributed by atoms with Crippen LogP contribution >= 0.6 is 10.7 Å². The van der Waals surface area contributed by atoms with Crippen LogP contribution in [0.3, 0.4) is 0 Å². The molecule has 1 amide bonds. The Morgan fingerprint density at radius 2 is 2.11 bits per heavy atom. The molecule has 0 bridgehead atoms. The molecule has 0 saturated carbocycles. The van der Waals surface area contributed by atoms with Crippen LogP contribution in [0.25, 0.3) is 0 Å². The van der Waals surface area contributed by atoms with Gasteiger partial charge in [-0.25, -0.2) is 8.42 Å². The zero-order valence-electron chi connectivity index (χ0n) is 10.7. The maximum absolute atomic E-state index is 12.3. The minimum Gasteiger partial charge on any atom is -0.328 e. The van der Waals surface area contributed by atoms with Gasteiger partial charge in [-0.1, -0.05) is 12.0 Å². The number of aryl methyl sites for hydroxylation is 1. The minimum atomic E-state index is -3.86. The van der Waals surface area contributed by atoms with Crippen molar-refractivity contribution in [2.75, 3.05) is 13.1 Å². The Labute approximate surface area is 117 Å². The summed E-state index contributed by atoms with van der Waals surface area (Å²) in [5, 5.41) is 0. The molecule has 0 aliphatic heterocycles. The monoisotopic (exact) mass is 299 g/mol. The Morgan fingerprint density at radius 3 is 2.58 bits per heavy atom. The molecule has 0 aromatic heterocycles. The molecular weight excluding hydrogens is 286 g/mol. The van der Waals surface area contributed by atoms with E-state index in [9.17, 15) is 13.2 Å². The minimum absolute atomic E-state index is 0.0973. The van der Waals surface area contributed by atoms with E-state index in [0.717, 1.165) is 0 Å². The van der Waals surface area contributed by atoms with Crippen molar-refractivity contribution in [2.24, 2.45) is 0 Å². The van der Waals surface area contributed by atoms with E-state index in [1.807, 2.05) is 0 Å². The van der Waals surface area contributed by atoms with Gasteiger partial charge in [0, 0.05) is 22.8 Å². The lowest BCUT2D eigenvalue weighted by Gasteiger charge is -2.19. The number of amides is 1. The largest absolute Gasteiger partial charge is 0.328 e. The van der Waals surface area contributed by atoms with Gasteiger partial charge in [-0.05, 0) is 31.5 Å². The second-order valence-electron chi connectivity index (χ2n) is 3.94. The molecule has 0 fully saturated rings. The molecule has 0 saturated heterocycles. The third-order valence-corrected chi connectivity index (χ3v) is 4.02. The Morgan fingerprint density at radius 1 is 1.47 bits per heavy atom. The van der Waals surface area contributed by atoms with Gasteiger partial charge in [0.2, 0.25) is 0 Å². The highest BCUT2D eigenvalue weighted by Gasteiger charge is 2.19. The third-order valence-electron chi connectivity index (χ3n) is 2.67. The summed E-state index contributed by atoms with van der Waals surface area (Å²) in [7, 11) is 1.42. The molecule has 102 valence electrons. The van der Waals surface area contributed by atoms with Crippen LogP contribution in [0.1, 0.15) is 22.8 Å². The fourth-order valence-corrected chi connectivity index (χ4v) is 2.37. The molecule has 0 atom stereocenters. The highest BCUT2D eigenvalue weighted by Crippen LogP contribution is 2.20. The van der Waals surface area contributed by atoms with Gasteiger partial charge in [-0.3, -0.25) is 4.79 Å². The average Bonchev–Trinajstić information content (AvgIpc) is 2.34. The van der Waals surface area contributed by atoms with Crippen molar-refractivity contribution in [3.8, 4) is 12.3 Å². The molecule has 1 aromatic carbocycles. The smallest absolute Gasteiger partial charge is 0.261 e. The average molecular weight is 300 g/mol. The fourth-order valence-electron chi connectivity index (χ4n) is 1.59. The molecule has 1 rings (SSSR count). The zero-order valence-corrected chi connectivity index (χ0v) is 12.3. The lowest BCUT2D eigenvalue weighted by molar-refractivity contribution is 0.0784. The van der Waals surface area contributed by atoms with Gasteiger partial charge in [0.1, 0.15) is 0 Å². The molecule has 0 unspecified atom stereocenters. The second-order valence-corrected chi connectivity index (χ2v) is 6.50. The first-order chi connectivity index (χ1) is 8.81. The van der Waals surface area contributed by atoms with Crippen molar-refractivity contribution >= 4 is 25.6 Å². The molecule has 0 aliphatic rings. The number of rotatable bonds is 4. The highest BCUT2D eigenvalue weighted by atomic mass is 35.7. The van der Waals surface area contributed by atoms with Crippen LogP contribution in [0.5, 0.6) is 0 Å². The van der Waals surface area contributed by atoms with Crippen LogP contribution in [0.15, 0.2) is 23.1 Å². The third kappa shape index (κ3) is 3.72. The number of halogens is 1. The summed E-state index contributed by atoms with van der Waals surface area (Å²) in [6.45, 7) is 4.14. The number of carbonyl (C=O) groups is 1. The Hall–Kier alpha value is -1.51. The van der Waals surface area contributed by atoms with Crippen molar-refractivity contribution in [1.29, 1.82) is 0 Å². The Bertz CT molecular complexity index is 632. The molecule has 0 aliphatic carbocycles. The number of nitrogens with zero attached hydrogens (tertiary/aromatic N) is 1. The summed E-state index contributed by atoms with van der Waals surface area (Å²) < 4.78 is 22.6. The first-order valence-electron chi connectivity index (χ1n) is 5.59. The normalized spacial score (nSPS) is 10.8. The van der Waals surface area contributed by atoms with Crippen molar-refractivity contribution in [1.82, 2.24) is 4.90 Å². The van der Waals surface area contributed by atoms with E-state index < -0.39 is 9.05 Å². The molecule has 0 radical (unpaired) electrons.